The Kier molecular flexibility index (Phi) is 3.98. The molecule has 92 valence electrons. The number of carbonyl (C=O) groups is 1. The van der Waals surface area contributed by atoms with Gasteiger partial charge in [-0.3, -0.25) is 4.90 Å². The second-order valence-corrected chi connectivity index (χ2v) is 4.33. The van der Waals surface area contributed by atoms with Gasteiger partial charge in [-0.05, 0) is 7.05 Å². The Bertz CT molecular complexity index is 243. The third-order valence-electron chi connectivity index (χ3n) is 2.78. The van der Waals surface area contributed by atoms with E-state index in [1.807, 2.05) is 7.05 Å². The Balaban J connectivity index is 1.67. The fourth-order valence-electron chi connectivity index (χ4n) is 2.04. The maximum Gasteiger partial charge on any atom is 0.407 e. The van der Waals surface area contributed by atoms with Crippen molar-refractivity contribution < 1.29 is 14.3 Å². The summed E-state index contributed by atoms with van der Waals surface area (Å²) in [5, 5.41) is 5.94. The van der Waals surface area contributed by atoms with Gasteiger partial charge in [-0.2, -0.15) is 0 Å². The monoisotopic (exact) mass is 229 g/mol. The van der Waals surface area contributed by atoms with Crippen LogP contribution in [0.2, 0.25) is 0 Å². The average molecular weight is 229 g/mol. The van der Waals surface area contributed by atoms with Crippen LogP contribution in [0.3, 0.4) is 0 Å². The molecule has 0 bridgehead atoms. The van der Waals surface area contributed by atoms with E-state index in [0.29, 0.717) is 6.54 Å². The number of nitrogens with zero attached hydrogens (tertiary/aromatic N) is 1. The number of amides is 1. The van der Waals surface area contributed by atoms with Crippen molar-refractivity contribution >= 4 is 6.09 Å². The number of ether oxygens (including phenoxy) is 2. The summed E-state index contributed by atoms with van der Waals surface area (Å²) < 4.78 is 10.7. The quantitative estimate of drug-likeness (QED) is 0.648. The zero-order valence-corrected chi connectivity index (χ0v) is 9.57. The lowest BCUT2D eigenvalue weighted by molar-refractivity contribution is 0.00432. The molecule has 1 amide bonds. The molecule has 2 aliphatic rings. The summed E-state index contributed by atoms with van der Waals surface area (Å²) in [7, 11) is 2.02. The molecule has 2 aliphatic heterocycles. The first-order valence-corrected chi connectivity index (χ1v) is 5.69. The van der Waals surface area contributed by atoms with E-state index >= 15 is 0 Å². The molecule has 2 unspecified atom stereocenters. The minimum atomic E-state index is -0.311. The molecular weight excluding hydrogens is 210 g/mol. The molecule has 0 radical (unpaired) electrons. The summed E-state index contributed by atoms with van der Waals surface area (Å²) in [6, 6.07) is 0. The van der Waals surface area contributed by atoms with Crippen molar-refractivity contribution in [3.8, 4) is 0 Å². The lowest BCUT2D eigenvalue weighted by atomic mass is 10.2. The van der Waals surface area contributed by atoms with Gasteiger partial charge in [-0.25, -0.2) is 4.79 Å². The average Bonchev–Trinajstić information content (AvgIpc) is 2.65. The van der Waals surface area contributed by atoms with E-state index in [-0.39, 0.29) is 18.3 Å². The van der Waals surface area contributed by atoms with Gasteiger partial charge < -0.3 is 20.1 Å². The zero-order valence-electron chi connectivity index (χ0n) is 9.57. The molecule has 0 aromatic rings. The van der Waals surface area contributed by atoms with Gasteiger partial charge in [-0.1, -0.05) is 0 Å². The normalized spacial score (nSPS) is 30.2. The molecule has 6 heteroatoms. The highest BCUT2D eigenvalue weighted by molar-refractivity contribution is 5.69. The van der Waals surface area contributed by atoms with E-state index in [1.165, 1.54) is 0 Å². The molecule has 0 aliphatic carbocycles. The van der Waals surface area contributed by atoms with Crippen molar-refractivity contribution in [1.82, 2.24) is 15.5 Å². The first-order chi connectivity index (χ1) is 7.74. The van der Waals surface area contributed by atoms with Crippen LogP contribution in [-0.4, -0.2) is 69.6 Å². The van der Waals surface area contributed by atoms with Crippen LogP contribution in [0.4, 0.5) is 4.79 Å². The summed E-state index contributed by atoms with van der Waals surface area (Å²) in [5.41, 5.74) is 0. The van der Waals surface area contributed by atoms with E-state index < -0.39 is 0 Å². The van der Waals surface area contributed by atoms with Gasteiger partial charge in [0.25, 0.3) is 0 Å². The molecule has 2 atom stereocenters. The minimum absolute atomic E-state index is 0.0333. The number of hydrogen-bond acceptors (Lipinski definition) is 5. The van der Waals surface area contributed by atoms with E-state index in [4.69, 9.17) is 9.47 Å². The molecular formula is C10H19N3O3. The molecule has 0 aromatic carbocycles. The van der Waals surface area contributed by atoms with Crippen molar-refractivity contribution in [1.29, 1.82) is 0 Å². The lowest BCUT2D eigenvalue weighted by Crippen LogP contribution is -2.46. The second-order valence-electron chi connectivity index (χ2n) is 4.33. The summed E-state index contributed by atoms with van der Waals surface area (Å²) in [5.74, 6) is 0. The number of cyclic esters (lactones) is 1. The molecule has 0 aromatic heterocycles. The van der Waals surface area contributed by atoms with Gasteiger partial charge in [0.05, 0.1) is 19.3 Å². The summed E-state index contributed by atoms with van der Waals surface area (Å²) >= 11 is 0. The van der Waals surface area contributed by atoms with E-state index in [1.54, 1.807) is 0 Å². The van der Waals surface area contributed by atoms with Crippen molar-refractivity contribution in [3.63, 3.8) is 0 Å². The van der Waals surface area contributed by atoms with Crippen molar-refractivity contribution in [2.75, 3.05) is 46.4 Å². The largest absolute Gasteiger partial charge is 0.443 e. The minimum Gasteiger partial charge on any atom is -0.443 e. The number of morpholine rings is 1. The van der Waals surface area contributed by atoms with Crippen LogP contribution in [0.1, 0.15) is 0 Å². The molecule has 2 heterocycles. The molecule has 0 spiro atoms. The number of carbonyl (C=O) groups excluding carboxylic acids is 1. The highest BCUT2D eigenvalue weighted by atomic mass is 16.6. The van der Waals surface area contributed by atoms with Gasteiger partial charge in [0, 0.05) is 26.2 Å². The summed E-state index contributed by atoms with van der Waals surface area (Å²) in [6.45, 7) is 4.82. The van der Waals surface area contributed by atoms with Crippen molar-refractivity contribution in [3.05, 3.63) is 0 Å². The second kappa shape index (κ2) is 5.47. The van der Waals surface area contributed by atoms with Crippen LogP contribution >= 0.6 is 0 Å². The third-order valence-corrected chi connectivity index (χ3v) is 2.78. The maximum absolute atomic E-state index is 10.8. The number of alkyl carbamates (subject to hydrolysis) is 1. The fourth-order valence-corrected chi connectivity index (χ4v) is 2.04. The van der Waals surface area contributed by atoms with Gasteiger partial charge in [0.1, 0.15) is 6.10 Å². The predicted molar refractivity (Wildman–Crippen MR) is 58.4 cm³/mol. The first kappa shape index (κ1) is 11.6. The molecule has 6 nitrogen and oxygen atoms in total. The van der Waals surface area contributed by atoms with Gasteiger partial charge in [0.15, 0.2) is 0 Å². The van der Waals surface area contributed by atoms with Crippen LogP contribution in [0.15, 0.2) is 0 Å². The third kappa shape index (κ3) is 3.33. The number of rotatable bonds is 4. The first-order valence-electron chi connectivity index (χ1n) is 5.69. The molecule has 2 fully saturated rings. The maximum atomic E-state index is 10.8. The molecule has 2 rings (SSSR count). The van der Waals surface area contributed by atoms with Gasteiger partial charge >= 0.3 is 6.09 Å². The lowest BCUT2D eigenvalue weighted by Gasteiger charge is -2.28. The predicted octanol–water partition coefficient (Wildman–Crippen LogP) is -0.985. The Hall–Kier alpha value is -0.850. The van der Waals surface area contributed by atoms with Crippen LogP contribution < -0.4 is 10.6 Å². The number of likely N-dealkylation sites (N-methyl/N-ethyl adjacent to an activating group) is 1. The Morgan fingerprint density at radius 3 is 2.81 bits per heavy atom. The molecule has 16 heavy (non-hydrogen) atoms. The highest BCUT2D eigenvalue weighted by Gasteiger charge is 2.25. The van der Waals surface area contributed by atoms with Crippen molar-refractivity contribution in [2.24, 2.45) is 0 Å². The van der Waals surface area contributed by atoms with E-state index in [0.717, 1.165) is 32.8 Å². The van der Waals surface area contributed by atoms with E-state index in [2.05, 4.69) is 15.5 Å². The number of nitrogens with one attached hydrogen (secondary N) is 2. The van der Waals surface area contributed by atoms with Crippen molar-refractivity contribution in [2.45, 2.75) is 12.2 Å². The summed E-state index contributed by atoms with van der Waals surface area (Å²) in [6.07, 6.45) is -0.105. The molecule has 2 saturated heterocycles. The molecule has 0 saturated carbocycles. The number of hydrogen-bond donors (Lipinski definition) is 2. The van der Waals surface area contributed by atoms with Crippen LogP contribution in [0.25, 0.3) is 0 Å². The SMILES string of the molecule is CN(CC1CNCCO1)CC1CNC(=O)O1. The van der Waals surface area contributed by atoms with Gasteiger partial charge in [-0.15, -0.1) is 0 Å². The Morgan fingerprint density at radius 2 is 2.19 bits per heavy atom. The topological polar surface area (TPSA) is 62.8 Å². The smallest absolute Gasteiger partial charge is 0.407 e. The Morgan fingerprint density at radius 1 is 1.38 bits per heavy atom. The zero-order chi connectivity index (χ0) is 11.4. The van der Waals surface area contributed by atoms with Gasteiger partial charge in [0.2, 0.25) is 0 Å². The van der Waals surface area contributed by atoms with Crippen LogP contribution in [0, 0.1) is 0 Å². The van der Waals surface area contributed by atoms with Crippen LogP contribution in [0.5, 0.6) is 0 Å². The standard InChI is InChI=1S/C10H19N3O3/c1-13(6-8-4-11-2-3-15-8)7-9-5-12-10(14)16-9/h8-9,11H,2-7H2,1H3,(H,12,14). The summed E-state index contributed by atoms with van der Waals surface area (Å²) in [4.78, 5) is 13.0. The van der Waals surface area contributed by atoms with E-state index in [9.17, 15) is 4.79 Å². The highest BCUT2D eigenvalue weighted by Crippen LogP contribution is 2.04. The Labute approximate surface area is 95.3 Å². The fraction of sp³-hybridized carbons (Fsp3) is 0.900. The molecule has 2 N–H and O–H groups in total. The van der Waals surface area contributed by atoms with Crippen LogP contribution in [-0.2, 0) is 9.47 Å².